The van der Waals surface area contributed by atoms with Crippen molar-refractivity contribution < 1.29 is 9.53 Å². The Bertz CT molecular complexity index is 190. The number of methoxy groups -OCH3 is 1. The zero-order valence-corrected chi connectivity index (χ0v) is 6.67. The molecule has 2 nitrogen and oxygen atoms in total. The minimum atomic E-state index is -0.148. The predicted molar refractivity (Wildman–Crippen MR) is 41.7 cm³/mol. The predicted octanol–water partition coefficient (Wildman–Crippen LogP) is 1.21. The van der Waals surface area contributed by atoms with Crippen LogP contribution in [0.5, 0.6) is 0 Å². The van der Waals surface area contributed by atoms with Gasteiger partial charge < -0.3 is 4.74 Å². The maximum absolute atomic E-state index is 11.1. The van der Waals surface area contributed by atoms with Gasteiger partial charge in [0.25, 0.3) is 0 Å². The molecular weight excluding hydrogens is 140 g/mol. The average Bonchev–Trinajstić information content (AvgIpc) is 2.50. The first kappa shape index (κ1) is 8.13. The van der Waals surface area contributed by atoms with Gasteiger partial charge in [-0.1, -0.05) is 6.42 Å². The molecule has 2 atom stereocenters. The minimum absolute atomic E-state index is 0.0370. The second-order valence-electron chi connectivity index (χ2n) is 2.83. The van der Waals surface area contributed by atoms with Gasteiger partial charge in [-0.2, -0.15) is 0 Å². The number of carbonyl (C=O) groups excluding carboxylic acids is 1. The minimum Gasteiger partial charge on any atom is -0.469 e. The average molecular weight is 152 g/mol. The van der Waals surface area contributed by atoms with Crippen molar-refractivity contribution in [2.45, 2.75) is 19.3 Å². The molecule has 0 aromatic heterocycles. The summed E-state index contributed by atoms with van der Waals surface area (Å²) < 4.78 is 4.63. The number of hydrogen-bond acceptors (Lipinski definition) is 2. The molecule has 2 heteroatoms. The van der Waals surface area contributed by atoms with Crippen LogP contribution in [-0.2, 0) is 9.53 Å². The van der Waals surface area contributed by atoms with Gasteiger partial charge in [0.1, 0.15) is 0 Å². The van der Waals surface area contributed by atoms with E-state index in [1.54, 1.807) is 0 Å². The van der Waals surface area contributed by atoms with Crippen LogP contribution >= 0.6 is 0 Å². The fourth-order valence-corrected chi connectivity index (χ4v) is 1.59. The zero-order valence-electron chi connectivity index (χ0n) is 6.67. The van der Waals surface area contributed by atoms with Crippen molar-refractivity contribution in [3.8, 4) is 12.3 Å². The van der Waals surface area contributed by atoms with Gasteiger partial charge >= 0.3 is 5.97 Å². The molecule has 0 aromatic rings. The van der Waals surface area contributed by atoms with Crippen LogP contribution in [0.4, 0.5) is 0 Å². The number of rotatable bonds is 1. The van der Waals surface area contributed by atoms with Gasteiger partial charge in [0, 0.05) is 5.92 Å². The summed E-state index contributed by atoms with van der Waals surface area (Å²) in [4.78, 5) is 11.1. The summed E-state index contributed by atoms with van der Waals surface area (Å²) in [5.41, 5.74) is 0. The number of ether oxygens (including phenoxy) is 1. The Morgan fingerprint density at radius 1 is 1.64 bits per heavy atom. The van der Waals surface area contributed by atoms with E-state index in [4.69, 9.17) is 6.42 Å². The number of hydrogen-bond donors (Lipinski definition) is 0. The maximum atomic E-state index is 11.1. The van der Waals surface area contributed by atoms with E-state index in [1.165, 1.54) is 7.11 Å². The fourth-order valence-electron chi connectivity index (χ4n) is 1.59. The molecule has 0 bridgehead atoms. The van der Waals surface area contributed by atoms with Crippen molar-refractivity contribution in [3.05, 3.63) is 0 Å². The number of carbonyl (C=O) groups is 1. The third kappa shape index (κ3) is 1.54. The summed E-state index contributed by atoms with van der Waals surface area (Å²) in [6, 6.07) is 0. The molecule has 1 saturated carbocycles. The van der Waals surface area contributed by atoms with E-state index in [9.17, 15) is 4.79 Å². The fraction of sp³-hybridized carbons (Fsp3) is 0.667. The highest BCUT2D eigenvalue weighted by atomic mass is 16.5. The molecule has 0 heterocycles. The molecule has 11 heavy (non-hydrogen) atoms. The highest BCUT2D eigenvalue weighted by Gasteiger charge is 2.32. The molecule has 0 radical (unpaired) electrons. The SMILES string of the molecule is C#C[C@@H]1CCC[C@H]1C(=O)OC. The van der Waals surface area contributed by atoms with Gasteiger partial charge in [-0.3, -0.25) is 4.79 Å². The van der Waals surface area contributed by atoms with Gasteiger partial charge in [-0.25, -0.2) is 0 Å². The molecule has 0 saturated heterocycles. The molecule has 0 N–H and O–H groups in total. The lowest BCUT2D eigenvalue weighted by Crippen LogP contribution is -2.18. The van der Waals surface area contributed by atoms with Crippen LogP contribution in [0.15, 0.2) is 0 Å². The Balaban J connectivity index is 2.58. The summed E-state index contributed by atoms with van der Waals surface area (Å²) in [7, 11) is 1.41. The van der Waals surface area contributed by atoms with Crippen LogP contribution < -0.4 is 0 Å². The van der Waals surface area contributed by atoms with Crippen molar-refractivity contribution in [2.24, 2.45) is 11.8 Å². The Labute approximate surface area is 66.9 Å². The normalized spacial score (nSPS) is 29.5. The van der Waals surface area contributed by atoms with Gasteiger partial charge in [-0.05, 0) is 12.8 Å². The topological polar surface area (TPSA) is 26.3 Å². The lowest BCUT2D eigenvalue weighted by Gasteiger charge is -2.10. The van der Waals surface area contributed by atoms with Crippen LogP contribution in [0.2, 0.25) is 0 Å². The van der Waals surface area contributed by atoms with Crippen LogP contribution in [0, 0.1) is 24.2 Å². The van der Waals surface area contributed by atoms with E-state index in [0.29, 0.717) is 0 Å². The monoisotopic (exact) mass is 152 g/mol. The van der Waals surface area contributed by atoms with E-state index in [0.717, 1.165) is 19.3 Å². The molecule has 1 rings (SSSR count). The zero-order chi connectivity index (χ0) is 8.27. The number of esters is 1. The Kier molecular flexibility index (Phi) is 2.53. The molecule has 0 aromatic carbocycles. The van der Waals surface area contributed by atoms with Crippen LogP contribution in [-0.4, -0.2) is 13.1 Å². The highest BCUT2D eigenvalue weighted by Crippen LogP contribution is 2.31. The molecule has 60 valence electrons. The first-order chi connectivity index (χ1) is 5.29. The molecule has 1 aliphatic rings. The third-order valence-corrected chi connectivity index (χ3v) is 2.23. The van der Waals surface area contributed by atoms with Crippen molar-refractivity contribution >= 4 is 5.97 Å². The standard InChI is InChI=1S/C9H12O2/c1-3-7-5-4-6-8(7)9(10)11-2/h1,7-8H,4-6H2,2H3/t7-,8-/m1/s1. The largest absolute Gasteiger partial charge is 0.469 e. The van der Waals surface area contributed by atoms with Crippen molar-refractivity contribution in [1.82, 2.24) is 0 Å². The van der Waals surface area contributed by atoms with Crippen LogP contribution in [0.1, 0.15) is 19.3 Å². The summed E-state index contributed by atoms with van der Waals surface area (Å²) >= 11 is 0. The second-order valence-corrected chi connectivity index (χ2v) is 2.83. The second kappa shape index (κ2) is 3.43. The van der Waals surface area contributed by atoms with E-state index in [1.807, 2.05) is 0 Å². The Hall–Kier alpha value is -0.970. The Morgan fingerprint density at radius 2 is 2.36 bits per heavy atom. The quantitative estimate of drug-likeness (QED) is 0.417. The molecule has 1 aliphatic carbocycles. The molecule has 0 unspecified atom stereocenters. The van der Waals surface area contributed by atoms with Gasteiger partial charge in [0.15, 0.2) is 0 Å². The van der Waals surface area contributed by atoms with E-state index >= 15 is 0 Å². The van der Waals surface area contributed by atoms with Gasteiger partial charge in [0.05, 0.1) is 13.0 Å². The highest BCUT2D eigenvalue weighted by molar-refractivity contribution is 5.73. The van der Waals surface area contributed by atoms with E-state index < -0.39 is 0 Å². The smallest absolute Gasteiger partial charge is 0.309 e. The summed E-state index contributed by atoms with van der Waals surface area (Å²) in [5, 5.41) is 0. The molecule has 1 fully saturated rings. The lowest BCUT2D eigenvalue weighted by molar-refractivity contribution is -0.146. The molecular formula is C9H12O2. The number of terminal acetylenes is 1. The molecule has 0 amide bonds. The first-order valence-corrected chi connectivity index (χ1v) is 3.83. The first-order valence-electron chi connectivity index (χ1n) is 3.83. The van der Waals surface area contributed by atoms with Crippen LogP contribution in [0.3, 0.4) is 0 Å². The van der Waals surface area contributed by atoms with E-state index in [-0.39, 0.29) is 17.8 Å². The van der Waals surface area contributed by atoms with Gasteiger partial charge in [-0.15, -0.1) is 12.3 Å². The summed E-state index contributed by atoms with van der Waals surface area (Å²) in [6.45, 7) is 0. The maximum Gasteiger partial charge on any atom is 0.309 e. The van der Waals surface area contributed by atoms with Crippen molar-refractivity contribution in [2.75, 3.05) is 7.11 Å². The van der Waals surface area contributed by atoms with Gasteiger partial charge in [0.2, 0.25) is 0 Å². The Morgan fingerprint density at radius 3 is 2.91 bits per heavy atom. The van der Waals surface area contributed by atoms with Crippen molar-refractivity contribution in [3.63, 3.8) is 0 Å². The van der Waals surface area contributed by atoms with Crippen LogP contribution in [0.25, 0.3) is 0 Å². The third-order valence-electron chi connectivity index (χ3n) is 2.23. The summed E-state index contributed by atoms with van der Waals surface area (Å²) in [6.07, 6.45) is 8.17. The molecule has 0 aliphatic heterocycles. The lowest BCUT2D eigenvalue weighted by atomic mass is 9.97. The summed E-state index contributed by atoms with van der Waals surface area (Å²) in [5.74, 6) is 2.56. The van der Waals surface area contributed by atoms with E-state index in [2.05, 4.69) is 10.7 Å². The van der Waals surface area contributed by atoms with Crippen molar-refractivity contribution in [1.29, 1.82) is 0 Å². The molecule has 0 spiro atoms.